The number of halogens is 1. The number of nitrogens with zero attached hydrogens (tertiary/aromatic N) is 3. The Balaban J connectivity index is 1.28. The fourth-order valence-electron chi connectivity index (χ4n) is 4.18. The van der Waals surface area contributed by atoms with Gasteiger partial charge in [0.05, 0.1) is 16.3 Å². The molecule has 0 spiro atoms. The van der Waals surface area contributed by atoms with Crippen LogP contribution in [-0.2, 0) is 0 Å². The van der Waals surface area contributed by atoms with Crippen molar-refractivity contribution in [2.75, 3.05) is 13.1 Å². The first-order valence-corrected chi connectivity index (χ1v) is 12.1. The molecule has 6 nitrogen and oxygen atoms in total. The van der Waals surface area contributed by atoms with E-state index in [1.54, 1.807) is 0 Å². The largest absolute Gasteiger partial charge is 0.349 e. The summed E-state index contributed by atoms with van der Waals surface area (Å²) in [5.74, 6) is -0.0352. The number of carbonyl (C=O) groups is 2. The molecule has 1 saturated heterocycles. The number of piperidine rings is 1. The molecule has 1 aliphatic heterocycles. The number of hydrogen-bond donors (Lipinski definition) is 1. The van der Waals surface area contributed by atoms with E-state index in [2.05, 4.69) is 10.4 Å². The van der Waals surface area contributed by atoms with Gasteiger partial charge in [-0.25, -0.2) is 4.68 Å². The van der Waals surface area contributed by atoms with Crippen LogP contribution >= 0.6 is 22.9 Å². The topological polar surface area (TPSA) is 67.2 Å². The lowest BCUT2D eigenvalue weighted by Crippen LogP contribution is -2.46. The van der Waals surface area contributed by atoms with Crippen molar-refractivity contribution in [1.82, 2.24) is 20.0 Å². The van der Waals surface area contributed by atoms with Crippen LogP contribution in [-0.4, -0.2) is 45.6 Å². The van der Waals surface area contributed by atoms with Gasteiger partial charge in [-0.15, -0.1) is 11.3 Å². The Morgan fingerprint density at radius 3 is 2.55 bits per heavy atom. The third-order valence-corrected chi connectivity index (χ3v) is 7.30. The van der Waals surface area contributed by atoms with Crippen molar-refractivity contribution in [2.45, 2.75) is 25.8 Å². The van der Waals surface area contributed by atoms with Crippen molar-refractivity contribution in [1.29, 1.82) is 0 Å². The Hall–Kier alpha value is -3.16. The first kappa shape index (κ1) is 21.7. The van der Waals surface area contributed by atoms with Crippen LogP contribution in [0.5, 0.6) is 0 Å². The summed E-state index contributed by atoms with van der Waals surface area (Å²) in [4.78, 5) is 29.2. The van der Waals surface area contributed by atoms with Crippen molar-refractivity contribution >= 4 is 45.0 Å². The second kappa shape index (κ2) is 9.00. The van der Waals surface area contributed by atoms with Crippen LogP contribution in [0.2, 0.25) is 5.02 Å². The lowest BCUT2D eigenvalue weighted by atomic mass is 10.0. The molecule has 0 aliphatic carbocycles. The number of carbonyl (C=O) groups excluding carboxylic acids is 2. The molecule has 1 aliphatic rings. The van der Waals surface area contributed by atoms with Gasteiger partial charge < -0.3 is 10.2 Å². The number of benzene rings is 2. The summed E-state index contributed by atoms with van der Waals surface area (Å²) in [7, 11) is 0. The van der Waals surface area contributed by atoms with Crippen molar-refractivity contribution in [3.05, 3.63) is 81.8 Å². The number of thiophene rings is 1. The fraction of sp³-hybridized carbons (Fsp3) is 0.240. The number of rotatable bonds is 4. The minimum absolute atomic E-state index is 0.0288. The maximum absolute atomic E-state index is 13.2. The van der Waals surface area contributed by atoms with Gasteiger partial charge in [0, 0.05) is 35.1 Å². The van der Waals surface area contributed by atoms with Gasteiger partial charge in [0.25, 0.3) is 11.8 Å². The van der Waals surface area contributed by atoms with E-state index in [4.69, 9.17) is 11.6 Å². The highest BCUT2D eigenvalue weighted by Gasteiger charge is 2.27. The number of aryl methyl sites for hydroxylation is 1. The molecule has 0 saturated carbocycles. The molecule has 1 fully saturated rings. The number of aromatic nitrogens is 2. The van der Waals surface area contributed by atoms with Gasteiger partial charge >= 0.3 is 0 Å². The molecular weight excluding hydrogens is 456 g/mol. The van der Waals surface area contributed by atoms with E-state index >= 15 is 0 Å². The summed E-state index contributed by atoms with van der Waals surface area (Å²) in [5, 5.41) is 9.36. The first-order chi connectivity index (χ1) is 16.0. The Labute approximate surface area is 200 Å². The highest BCUT2D eigenvalue weighted by Crippen LogP contribution is 2.32. The normalized spacial score (nSPS) is 14.5. The first-order valence-electron chi connectivity index (χ1n) is 10.9. The Morgan fingerprint density at radius 1 is 1.06 bits per heavy atom. The fourth-order valence-corrected chi connectivity index (χ4v) is 5.51. The minimum atomic E-state index is -0.0640. The minimum Gasteiger partial charge on any atom is -0.349 e. The van der Waals surface area contributed by atoms with Crippen LogP contribution in [0.25, 0.3) is 15.9 Å². The monoisotopic (exact) mass is 478 g/mol. The zero-order chi connectivity index (χ0) is 22.9. The predicted molar refractivity (Wildman–Crippen MR) is 132 cm³/mol. The third kappa shape index (κ3) is 4.38. The van der Waals surface area contributed by atoms with Gasteiger partial charge in [-0.1, -0.05) is 35.9 Å². The Kier molecular flexibility index (Phi) is 5.91. The predicted octanol–water partition coefficient (Wildman–Crippen LogP) is 5.08. The molecule has 3 heterocycles. The quantitative estimate of drug-likeness (QED) is 0.444. The Bertz CT molecular complexity index is 1320. The number of amides is 2. The maximum atomic E-state index is 13.2. The second-order valence-corrected chi connectivity index (χ2v) is 9.68. The molecule has 33 heavy (non-hydrogen) atoms. The molecule has 2 aromatic heterocycles. The number of nitrogens with one attached hydrogen (secondary N) is 1. The van der Waals surface area contributed by atoms with Gasteiger partial charge in [0.1, 0.15) is 4.83 Å². The highest BCUT2D eigenvalue weighted by molar-refractivity contribution is 7.20. The molecule has 0 bridgehead atoms. The molecule has 168 valence electrons. The van der Waals surface area contributed by atoms with Crippen LogP contribution in [0.3, 0.4) is 0 Å². The highest BCUT2D eigenvalue weighted by atomic mass is 35.5. The zero-order valence-corrected chi connectivity index (χ0v) is 19.7. The van der Waals surface area contributed by atoms with Gasteiger partial charge in [0.15, 0.2) is 0 Å². The van der Waals surface area contributed by atoms with Crippen molar-refractivity contribution < 1.29 is 9.59 Å². The summed E-state index contributed by atoms with van der Waals surface area (Å²) >= 11 is 7.62. The van der Waals surface area contributed by atoms with Gasteiger partial charge in [0.2, 0.25) is 0 Å². The summed E-state index contributed by atoms with van der Waals surface area (Å²) in [5.41, 5.74) is 2.41. The average Bonchev–Trinajstić information content (AvgIpc) is 3.40. The lowest BCUT2D eigenvalue weighted by Gasteiger charge is -2.32. The zero-order valence-electron chi connectivity index (χ0n) is 18.1. The molecule has 2 aromatic carbocycles. The molecule has 0 radical (unpaired) electrons. The summed E-state index contributed by atoms with van der Waals surface area (Å²) in [6, 6.07) is 18.8. The molecule has 1 N–H and O–H groups in total. The van der Waals surface area contributed by atoms with Crippen molar-refractivity contribution in [3.63, 3.8) is 0 Å². The van der Waals surface area contributed by atoms with E-state index < -0.39 is 0 Å². The summed E-state index contributed by atoms with van der Waals surface area (Å²) < 4.78 is 1.85. The van der Waals surface area contributed by atoms with E-state index in [0.29, 0.717) is 28.6 Å². The van der Waals surface area contributed by atoms with Crippen LogP contribution in [0, 0.1) is 6.92 Å². The summed E-state index contributed by atoms with van der Waals surface area (Å²) in [6.45, 7) is 3.18. The van der Waals surface area contributed by atoms with Crippen LogP contribution in [0.15, 0.2) is 60.7 Å². The maximum Gasteiger partial charge on any atom is 0.264 e. The molecule has 0 atom stereocenters. The molecular formula is C25H23ClN4O2S. The number of fused-ring (bicyclic) bond motifs is 1. The lowest BCUT2D eigenvalue weighted by molar-refractivity contribution is 0.0703. The van der Waals surface area contributed by atoms with E-state index in [-0.39, 0.29) is 17.9 Å². The molecule has 2 amide bonds. The van der Waals surface area contributed by atoms with Crippen molar-refractivity contribution in [3.8, 4) is 5.69 Å². The number of hydrogen-bond acceptors (Lipinski definition) is 4. The van der Waals surface area contributed by atoms with E-state index in [9.17, 15) is 9.59 Å². The van der Waals surface area contributed by atoms with Crippen LogP contribution in [0.4, 0.5) is 0 Å². The average molecular weight is 479 g/mol. The SMILES string of the molecule is Cc1nn(-c2cccc(Cl)c2)c2sc(C(=O)N3CCC(NC(=O)c4ccccc4)CC3)cc12. The number of likely N-dealkylation sites (tertiary alicyclic amines) is 1. The van der Waals surface area contributed by atoms with Gasteiger partial charge in [-0.05, 0) is 56.2 Å². The van der Waals surface area contributed by atoms with E-state index in [0.717, 1.165) is 34.4 Å². The standard InChI is InChI=1S/C25H23ClN4O2S/c1-16-21-15-22(33-25(21)30(28-16)20-9-5-8-18(26)14-20)24(32)29-12-10-19(11-13-29)27-23(31)17-6-3-2-4-7-17/h2-9,14-15,19H,10-13H2,1H3,(H,27,31). The van der Waals surface area contributed by atoms with Gasteiger partial charge in [-0.3, -0.25) is 9.59 Å². The summed E-state index contributed by atoms with van der Waals surface area (Å²) in [6.07, 6.45) is 1.48. The molecule has 4 aromatic rings. The second-order valence-electron chi connectivity index (χ2n) is 8.21. The van der Waals surface area contributed by atoms with Gasteiger partial charge in [-0.2, -0.15) is 5.10 Å². The van der Waals surface area contributed by atoms with E-state index in [1.807, 2.05) is 77.2 Å². The molecule has 0 unspecified atom stereocenters. The smallest absolute Gasteiger partial charge is 0.264 e. The van der Waals surface area contributed by atoms with E-state index in [1.165, 1.54) is 11.3 Å². The van der Waals surface area contributed by atoms with Crippen LogP contribution < -0.4 is 5.32 Å². The third-order valence-electron chi connectivity index (χ3n) is 5.96. The van der Waals surface area contributed by atoms with Crippen molar-refractivity contribution in [2.24, 2.45) is 0 Å². The van der Waals surface area contributed by atoms with Crippen LogP contribution in [0.1, 0.15) is 38.6 Å². The molecule has 8 heteroatoms. The Morgan fingerprint density at radius 2 is 1.82 bits per heavy atom. The molecule has 5 rings (SSSR count).